The number of rotatable bonds is 5. The van der Waals surface area contributed by atoms with E-state index >= 15 is 0 Å². The summed E-state index contributed by atoms with van der Waals surface area (Å²) in [6.07, 6.45) is 0.546. The number of aliphatic hydroxyl groups excluding tert-OH is 1. The van der Waals surface area contributed by atoms with E-state index in [4.69, 9.17) is 30.8 Å². The Morgan fingerprint density at radius 2 is 1.71 bits per heavy atom. The number of fused-ring (bicyclic) bond motifs is 2. The summed E-state index contributed by atoms with van der Waals surface area (Å²) >= 11 is 6.61. The second-order valence-electron chi connectivity index (χ2n) is 9.75. The number of ether oxygens (including phenoxy) is 3. The molecule has 2 fully saturated rings. The number of halogens is 1. The molecule has 0 spiro atoms. The smallest absolute Gasteiger partial charge is 0.195 e. The van der Waals surface area contributed by atoms with Gasteiger partial charge in [0.05, 0.1) is 47.4 Å². The molecule has 0 aliphatic carbocycles. The zero-order valence-electron chi connectivity index (χ0n) is 21.0. The van der Waals surface area contributed by atoms with Gasteiger partial charge in [0.15, 0.2) is 12.0 Å². The van der Waals surface area contributed by atoms with Gasteiger partial charge >= 0.3 is 0 Å². The lowest BCUT2D eigenvalue weighted by molar-refractivity contribution is 0.00558. The van der Waals surface area contributed by atoms with Gasteiger partial charge in [-0.05, 0) is 29.3 Å². The molecule has 38 heavy (non-hydrogen) atoms. The van der Waals surface area contributed by atoms with Gasteiger partial charge in [0.1, 0.15) is 18.3 Å². The van der Waals surface area contributed by atoms with Gasteiger partial charge in [-0.1, -0.05) is 54.9 Å². The minimum atomic E-state index is -2.19. The molecule has 1 aromatic heterocycles. The van der Waals surface area contributed by atoms with Crippen LogP contribution in [0.15, 0.2) is 64.0 Å². The summed E-state index contributed by atoms with van der Waals surface area (Å²) < 4.78 is 34.0. The molecule has 2 saturated heterocycles. The number of nitrogens with zero attached hydrogens (tertiary/aromatic N) is 3. The maximum atomic E-state index is 12.3. The molecule has 0 saturated carbocycles. The molecule has 4 heterocycles. The van der Waals surface area contributed by atoms with E-state index in [2.05, 4.69) is 9.36 Å². The molecule has 5 atom stereocenters. The van der Waals surface area contributed by atoms with Crippen molar-refractivity contribution in [3.63, 3.8) is 0 Å². The lowest BCUT2D eigenvalue weighted by atomic mass is 10.0. The van der Waals surface area contributed by atoms with Crippen molar-refractivity contribution in [1.82, 2.24) is 4.98 Å². The van der Waals surface area contributed by atoms with Gasteiger partial charge in [-0.25, -0.2) is 14.2 Å². The highest BCUT2D eigenvalue weighted by molar-refractivity contribution is 7.93. The van der Waals surface area contributed by atoms with Crippen LogP contribution in [0.1, 0.15) is 12.6 Å². The van der Waals surface area contributed by atoms with E-state index in [-0.39, 0.29) is 24.9 Å². The summed E-state index contributed by atoms with van der Waals surface area (Å²) in [6, 6.07) is 17.6. The molecule has 10 heteroatoms. The summed E-state index contributed by atoms with van der Waals surface area (Å²) in [5.74, 6) is 1.06. The molecular weight excluding hydrogens is 526 g/mol. The van der Waals surface area contributed by atoms with Crippen molar-refractivity contribution in [2.24, 2.45) is 9.36 Å². The summed E-state index contributed by atoms with van der Waals surface area (Å²) in [4.78, 5) is 9.39. The first-order chi connectivity index (χ1) is 18.3. The van der Waals surface area contributed by atoms with E-state index in [1.807, 2.05) is 61.5 Å². The zero-order chi connectivity index (χ0) is 26.4. The standard InChI is InChI=1S/C28H28ClN3O5S/c1-3-38(2,34)32-19-10-8-17(9-11-19)16-4-6-18(7-5-16)26-20(29)12-21-22(31-26)13-25(30-21)37-24-15-36-27-23(33)14-35-28(24)27/h4-12,23-24,27-28,33H,3,13-15H2,1-2H3/t23-,24-,27-,28-,38?/m1/s1. The topological polar surface area (TPSA) is 103 Å². The molecule has 0 radical (unpaired) electrons. The average molecular weight is 554 g/mol. The highest BCUT2D eigenvalue weighted by atomic mass is 35.5. The van der Waals surface area contributed by atoms with E-state index in [0.717, 1.165) is 22.4 Å². The summed E-state index contributed by atoms with van der Waals surface area (Å²) in [6.45, 7) is 2.48. The number of hydrogen-bond donors (Lipinski definition) is 1. The maximum absolute atomic E-state index is 12.3. The molecular formula is C28H28ClN3O5S. The van der Waals surface area contributed by atoms with Crippen LogP contribution in [0.3, 0.4) is 0 Å². The van der Waals surface area contributed by atoms with E-state index in [1.54, 1.807) is 6.26 Å². The molecule has 6 rings (SSSR count). The third-order valence-corrected chi connectivity index (χ3v) is 9.01. The Kier molecular flexibility index (Phi) is 6.74. The molecule has 1 unspecified atom stereocenters. The number of aliphatic hydroxyl groups is 1. The Balaban J connectivity index is 1.16. The van der Waals surface area contributed by atoms with E-state index < -0.39 is 15.8 Å². The van der Waals surface area contributed by atoms with Gasteiger partial charge < -0.3 is 19.3 Å². The fourth-order valence-electron chi connectivity index (χ4n) is 4.87. The Labute approximate surface area is 226 Å². The van der Waals surface area contributed by atoms with Gasteiger partial charge in [0, 0.05) is 27.3 Å². The van der Waals surface area contributed by atoms with Crippen molar-refractivity contribution in [2.45, 2.75) is 37.8 Å². The molecule has 0 amide bonds. The van der Waals surface area contributed by atoms with E-state index in [9.17, 15) is 9.32 Å². The lowest BCUT2D eigenvalue weighted by Crippen LogP contribution is -2.34. The SMILES string of the molecule is CCS(C)(=O)=Nc1ccc(-c2ccc(-c3nc4c(cc3Cl)N=C(O[C@@H]3CO[C@H]5[C@@H]3OC[C@H]5O)C4)cc2)cc1. The van der Waals surface area contributed by atoms with Crippen molar-refractivity contribution >= 4 is 38.6 Å². The van der Waals surface area contributed by atoms with Crippen LogP contribution in [-0.2, 0) is 30.4 Å². The monoisotopic (exact) mass is 553 g/mol. The van der Waals surface area contributed by atoms with Crippen LogP contribution < -0.4 is 0 Å². The number of benzene rings is 2. The molecule has 198 valence electrons. The Morgan fingerprint density at radius 3 is 2.42 bits per heavy atom. The highest BCUT2D eigenvalue weighted by Crippen LogP contribution is 2.37. The quantitative estimate of drug-likeness (QED) is 0.480. The number of hydrogen-bond acceptors (Lipinski definition) is 8. The van der Waals surface area contributed by atoms with Crippen molar-refractivity contribution in [3.8, 4) is 22.4 Å². The number of pyridine rings is 1. The van der Waals surface area contributed by atoms with Crippen molar-refractivity contribution in [3.05, 3.63) is 65.3 Å². The Bertz CT molecular complexity index is 1520. The molecule has 3 aliphatic heterocycles. The zero-order valence-corrected chi connectivity index (χ0v) is 22.6. The van der Waals surface area contributed by atoms with Crippen LogP contribution in [0.5, 0.6) is 0 Å². The minimum Gasteiger partial charge on any atom is -0.472 e. The van der Waals surface area contributed by atoms with Gasteiger partial charge in [-0.15, -0.1) is 0 Å². The average Bonchev–Trinajstić information content (AvgIpc) is 3.60. The first kappa shape index (κ1) is 25.5. The lowest BCUT2D eigenvalue weighted by Gasteiger charge is -2.17. The van der Waals surface area contributed by atoms with Crippen LogP contribution in [0.25, 0.3) is 22.4 Å². The second-order valence-corrected chi connectivity index (χ2v) is 12.8. The Hall–Kier alpha value is -2.82. The van der Waals surface area contributed by atoms with Crippen molar-refractivity contribution in [1.29, 1.82) is 0 Å². The van der Waals surface area contributed by atoms with E-state index in [0.29, 0.717) is 46.8 Å². The van der Waals surface area contributed by atoms with Crippen LogP contribution in [-0.4, -0.2) is 69.8 Å². The van der Waals surface area contributed by atoms with Crippen molar-refractivity contribution in [2.75, 3.05) is 25.2 Å². The largest absolute Gasteiger partial charge is 0.472 e. The minimum absolute atomic E-state index is 0.253. The summed E-state index contributed by atoms with van der Waals surface area (Å²) in [5.41, 5.74) is 5.87. The molecule has 3 aromatic rings. The highest BCUT2D eigenvalue weighted by Gasteiger charge is 2.49. The Morgan fingerprint density at radius 1 is 1.05 bits per heavy atom. The van der Waals surface area contributed by atoms with Crippen LogP contribution in [0, 0.1) is 0 Å². The fraction of sp³-hybridized carbons (Fsp3) is 0.357. The molecule has 0 bridgehead atoms. The third-order valence-electron chi connectivity index (χ3n) is 7.06. The van der Waals surface area contributed by atoms with Crippen molar-refractivity contribution < 1.29 is 23.5 Å². The number of aromatic nitrogens is 1. The first-order valence-corrected chi connectivity index (χ1v) is 15.0. The summed E-state index contributed by atoms with van der Waals surface area (Å²) in [7, 11) is -2.19. The third kappa shape index (κ3) is 4.97. The van der Waals surface area contributed by atoms with Crippen LogP contribution in [0.4, 0.5) is 11.4 Å². The van der Waals surface area contributed by atoms with E-state index in [1.165, 1.54) is 0 Å². The number of aliphatic imine (C=N–C) groups is 1. The van der Waals surface area contributed by atoms with Gasteiger partial charge in [-0.2, -0.15) is 4.36 Å². The van der Waals surface area contributed by atoms with Gasteiger partial charge in [0.2, 0.25) is 0 Å². The van der Waals surface area contributed by atoms with Crippen LogP contribution in [0.2, 0.25) is 5.02 Å². The second kappa shape index (κ2) is 10.1. The predicted octanol–water partition coefficient (Wildman–Crippen LogP) is 4.95. The fourth-order valence-corrected chi connectivity index (χ4v) is 5.83. The molecule has 3 aliphatic rings. The maximum Gasteiger partial charge on any atom is 0.195 e. The normalized spacial score (nSPS) is 25.4. The first-order valence-electron chi connectivity index (χ1n) is 12.6. The predicted molar refractivity (Wildman–Crippen MR) is 148 cm³/mol. The summed E-state index contributed by atoms with van der Waals surface area (Å²) in [5, 5.41) is 10.5. The van der Waals surface area contributed by atoms with Gasteiger partial charge in [0.25, 0.3) is 0 Å². The molecule has 8 nitrogen and oxygen atoms in total. The molecule has 2 aromatic carbocycles. The van der Waals surface area contributed by atoms with Crippen LogP contribution >= 0.6 is 11.6 Å². The van der Waals surface area contributed by atoms with Gasteiger partial charge in [-0.3, -0.25) is 0 Å². The molecule has 1 N–H and O–H groups in total.